The topological polar surface area (TPSA) is 0 Å². The molecular weight excluding hydrogens is 325 g/mol. The molecule has 0 aliphatic heterocycles. The Morgan fingerprint density at radius 2 is 0.833 bits per heavy atom. The van der Waals surface area contributed by atoms with E-state index in [0.29, 0.717) is 0 Å². The van der Waals surface area contributed by atoms with Crippen molar-refractivity contribution in [3.8, 4) is 0 Å². The Bertz CT molecular complexity index is 75.5. The number of rotatable bonds is 3. The van der Waals surface area contributed by atoms with Crippen molar-refractivity contribution in [3.63, 3.8) is 0 Å². The van der Waals surface area contributed by atoms with E-state index in [2.05, 4.69) is 41.5 Å². The van der Waals surface area contributed by atoms with Crippen LogP contribution in [0.3, 0.4) is 0 Å². The number of hydrogen-bond donors (Lipinski definition) is 0. The van der Waals surface area contributed by atoms with E-state index in [1.807, 2.05) is 0 Å². The van der Waals surface area contributed by atoms with E-state index >= 15 is 0 Å². The zero-order chi connectivity index (χ0) is 8.31. The van der Waals surface area contributed by atoms with Gasteiger partial charge in [0.1, 0.15) is 0 Å². The molecule has 0 saturated heterocycles. The molecule has 0 nitrogen and oxygen atoms in total. The molecular formula is C9H22BrPPd. The van der Waals surface area contributed by atoms with Crippen LogP contribution in [0.2, 0.25) is 0 Å². The molecule has 0 bridgehead atoms. The Morgan fingerprint density at radius 1 is 0.667 bits per heavy atom. The third-order valence-electron chi connectivity index (χ3n) is 2.00. The van der Waals surface area contributed by atoms with Gasteiger partial charge in [-0.1, -0.05) is 0 Å². The predicted molar refractivity (Wildman–Crippen MR) is 53.7 cm³/mol. The van der Waals surface area contributed by atoms with Gasteiger partial charge in [-0.3, -0.25) is 0 Å². The standard InChI is InChI=1S/C9H21P.BrH.Pd/c1-7(2)10(8(3)4)9(5)6;;/h7-9H,1-6H3;1H;. The van der Waals surface area contributed by atoms with Crippen molar-refractivity contribution in [2.45, 2.75) is 58.5 Å². The maximum atomic E-state index is 2.37. The molecule has 0 amide bonds. The van der Waals surface area contributed by atoms with Crippen molar-refractivity contribution in [2.24, 2.45) is 0 Å². The predicted octanol–water partition coefficient (Wildman–Crippen LogP) is 0.427. The molecule has 0 spiro atoms. The van der Waals surface area contributed by atoms with Crippen LogP contribution in [0.1, 0.15) is 41.5 Å². The van der Waals surface area contributed by atoms with Gasteiger partial charge in [0.15, 0.2) is 0 Å². The minimum Gasteiger partial charge on any atom is -1.00 e. The Labute approximate surface area is 103 Å². The molecule has 0 aromatic carbocycles. The van der Waals surface area contributed by atoms with Gasteiger partial charge in [0.05, 0.1) is 17.0 Å². The van der Waals surface area contributed by atoms with Crippen LogP contribution >= 0.6 is 7.92 Å². The van der Waals surface area contributed by atoms with Crippen molar-refractivity contribution in [2.75, 3.05) is 0 Å². The number of halogens is 1. The second-order valence-corrected chi connectivity index (χ2v) is 8.43. The summed E-state index contributed by atoms with van der Waals surface area (Å²) in [6.45, 7) is 14.2. The van der Waals surface area contributed by atoms with E-state index < -0.39 is 0 Å². The van der Waals surface area contributed by atoms with Gasteiger partial charge >= 0.3 is 0 Å². The van der Waals surface area contributed by atoms with Crippen molar-refractivity contribution in [1.82, 2.24) is 0 Å². The van der Waals surface area contributed by atoms with E-state index in [4.69, 9.17) is 0 Å². The fourth-order valence-electron chi connectivity index (χ4n) is 2.00. The third-order valence-corrected chi connectivity index (χ3v) is 6.00. The zero-order valence-corrected chi connectivity index (χ0v) is 13.1. The summed E-state index contributed by atoms with van der Waals surface area (Å²) in [5, 5.41) is 0. The van der Waals surface area contributed by atoms with Gasteiger partial charge in [0.2, 0.25) is 0 Å². The monoisotopic (exact) mass is 346 g/mol. The van der Waals surface area contributed by atoms with E-state index in [9.17, 15) is 0 Å². The van der Waals surface area contributed by atoms with Crippen LogP contribution in [0.25, 0.3) is 0 Å². The van der Waals surface area contributed by atoms with Crippen LogP contribution in [0, 0.1) is 0 Å². The Morgan fingerprint density at radius 3 is 0.833 bits per heavy atom. The molecule has 80 valence electrons. The first-order chi connectivity index (χ1) is 4.46. The van der Waals surface area contributed by atoms with Gasteiger partial charge in [-0.2, -0.15) is 0 Å². The first kappa shape index (κ1) is 19.2. The van der Waals surface area contributed by atoms with Gasteiger partial charge in [0.25, 0.3) is 0 Å². The molecule has 0 heterocycles. The molecule has 0 saturated carbocycles. The molecule has 0 N–H and O–H groups in total. The normalized spacial score (nSPS) is 10.5. The van der Waals surface area contributed by atoms with Crippen LogP contribution < -0.4 is 17.0 Å². The fourth-order valence-corrected chi connectivity index (χ4v) is 6.00. The van der Waals surface area contributed by atoms with Crippen molar-refractivity contribution in [1.29, 1.82) is 0 Å². The van der Waals surface area contributed by atoms with Crippen LogP contribution in [-0.4, -0.2) is 17.0 Å². The summed E-state index contributed by atoms with van der Waals surface area (Å²) in [6.07, 6.45) is 0. The summed E-state index contributed by atoms with van der Waals surface area (Å²) in [6, 6.07) is 0. The Kier molecular flexibility index (Phi) is 14.6. The van der Waals surface area contributed by atoms with E-state index in [1.54, 1.807) is 0 Å². The summed E-state index contributed by atoms with van der Waals surface area (Å²) in [4.78, 5) is 0. The average Bonchev–Trinajstić information content (AvgIpc) is 1.59. The zero-order valence-electron chi connectivity index (χ0n) is 8.93. The first-order valence-electron chi connectivity index (χ1n) is 4.33. The maximum absolute atomic E-state index is 2.37. The molecule has 0 unspecified atom stereocenters. The molecule has 0 fully saturated rings. The van der Waals surface area contributed by atoms with Crippen molar-refractivity contribution >= 4 is 7.92 Å². The average molecular weight is 348 g/mol. The molecule has 0 aromatic heterocycles. The smallest absolute Gasteiger partial charge is 0.0624 e. The fraction of sp³-hybridized carbons (Fsp3) is 1.00. The van der Waals surface area contributed by atoms with Crippen molar-refractivity contribution in [3.05, 3.63) is 0 Å². The van der Waals surface area contributed by atoms with E-state index in [1.165, 1.54) is 0 Å². The van der Waals surface area contributed by atoms with Gasteiger partial charge in [-0.15, -0.1) is 0 Å². The van der Waals surface area contributed by atoms with Crippen molar-refractivity contribution < 1.29 is 37.4 Å². The van der Waals surface area contributed by atoms with Gasteiger partial charge in [-0.25, -0.2) is 0 Å². The first-order valence-corrected chi connectivity index (χ1v) is 6.06. The third kappa shape index (κ3) is 7.02. The second-order valence-electron chi connectivity index (χ2n) is 3.96. The van der Waals surface area contributed by atoms with Gasteiger partial charge in [0, 0.05) is 28.3 Å². The van der Waals surface area contributed by atoms with Crippen LogP contribution in [0.5, 0.6) is 0 Å². The molecule has 0 aliphatic rings. The molecule has 0 atom stereocenters. The summed E-state index contributed by atoms with van der Waals surface area (Å²) < 4.78 is 0. The van der Waals surface area contributed by atoms with Crippen LogP contribution in [0.15, 0.2) is 0 Å². The summed E-state index contributed by atoms with van der Waals surface area (Å²) >= 11 is 0. The summed E-state index contributed by atoms with van der Waals surface area (Å²) in [7, 11) is -0.0957. The largest absolute Gasteiger partial charge is 1.00 e. The molecule has 12 heavy (non-hydrogen) atoms. The Balaban J connectivity index is -0.000000405. The molecule has 0 rings (SSSR count). The molecule has 0 aliphatic carbocycles. The van der Waals surface area contributed by atoms with Crippen LogP contribution in [-0.2, 0) is 20.4 Å². The van der Waals surface area contributed by atoms with Gasteiger partial charge in [-0.05, 0) is 41.5 Å². The van der Waals surface area contributed by atoms with Gasteiger partial charge < -0.3 is 17.0 Å². The molecule has 3 heteroatoms. The number of hydrogen-bond acceptors (Lipinski definition) is 0. The summed E-state index contributed by atoms with van der Waals surface area (Å²) in [5.74, 6) is 0. The SMILES string of the molecule is CC(C)[PH+](C(C)C)C(C)C.[Br-].[Pd]. The van der Waals surface area contributed by atoms with Crippen LogP contribution in [0.4, 0.5) is 0 Å². The summed E-state index contributed by atoms with van der Waals surface area (Å²) in [5.41, 5.74) is 2.81. The Hall–Kier alpha value is 1.57. The minimum atomic E-state index is -0.0957. The maximum Gasteiger partial charge on any atom is 0.0624 e. The second kappa shape index (κ2) is 9.14. The van der Waals surface area contributed by atoms with E-state index in [0.717, 1.165) is 17.0 Å². The molecule has 0 aromatic rings. The quantitative estimate of drug-likeness (QED) is 0.513. The minimum absolute atomic E-state index is 0. The van der Waals surface area contributed by atoms with E-state index in [-0.39, 0.29) is 45.3 Å². The molecule has 0 radical (unpaired) electrons.